The van der Waals surface area contributed by atoms with Crippen LogP contribution in [0.1, 0.15) is 10.5 Å². The van der Waals surface area contributed by atoms with Crippen LogP contribution < -0.4 is 4.74 Å². The summed E-state index contributed by atoms with van der Waals surface area (Å²) in [5, 5.41) is 19.8. The SMILES string of the molecule is O=C(O)c1ncccc1Oc1c(Br)cc([N+](=O)[O-])cc1Br. The Bertz CT molecular complexity index is 712. The van der Waals surface area contributed by atoms with Crippen molar-refractivity contribution in [2.75, 3.05) is 0 Å². The number of aromatic carboxylic acids is 1. The molecule has 0 saturated heterocycles. The van der Waals surface area contributed by atoms with E-state index < -0.39 is 10.9 Å². The van der Waals surface area contributed by atoms with Crippen LogP contribution in [0.25, 0.3) is 0 Å². The molecule has 108 valence electrons. The van der Waals surface area contributed by atoms with Crippen LogP contribution in [-0.4, -0.2) is 21.0 Å². The van der Waals surface area contributed by atoms with Gasteiger partial charge in [-0.15, -0.1) is 0 Å². The lowest BCUT2D eigenvalue weighted by Gasteiger charge is -2.11. The zero-order valence-electron chi connectivity index (χ0n) is 10.1. The molecule has 0 saturated carbocycles. The molecule has 0 unspecified atom stereocenters. The average molecular weight is 418 g/mol. The Hall–Kier alpha value is -2.00. The number of carboxylic acids is 1. The number of ether oxygens (including phenoxy) is 1. The smallest absolute Gasteiger partial charge is 0.358 e. The first kappa shape index (κ1) is 15.4. The molecule has 1 aromatic carbocycles. The maximum absolute atomic E-state index is 11.1. The predicted molar refractivity (Wildman–Crippen MR) is 79.8 cm³/mol. The topological polar surface area (TPSA) is 103 Å². The van der Waals surface area contributed by atoms with Gasteiger partial charge in [0.25, 0.3) is 5.69 Å². The van der Waals surface area contributed by atoms with E-state index in [1.165, 1.54) is 30.5 Å². The second-order valence-corrected chi connectivity index (χ2v) is 5.46. The molecule has 2 aromatic rings. The molecule has 0 aliphatic rings. The molecule has 2 rings (SSSR count). The summed E-state index contributed by atoms with van der Waals surface area (Å²) in [4.78, 5) is 25.0. The summed E-state index contributed by atoms with van der Waals surface area (Å²) in [7, 11) is 0. The Labute approximate surface area is 135 Å². The van der Waals surface area contributed by atoms with Crippen LogP contribution in [0, 0.1) is 10.1 Å². The van der Waals surface area contributed by atoms with Gasteiger partial charge in [0, 0.05) is 18.3 Å². The molecule has 1 heterocycles. The average Bonchev–Trinajstić information content (AvgIpc) is 2.42. The highest BCUT2D eigenvalue weighted by atomic mass is 79.9. The number of nitro benzene ring substituents is 1. The predicted octanol–water partition coefficient (Wildman–Crippen LogP) is 4.01. The van der Waals surface area contributed by atoms with Gasteiger partial charge in [0.1, 0.15) is 0 Å². The number of hydrogen-bond donors (Lipinski definition) is 1. The molecule has 1 N–H and O–H groups in total. The summed E-state index contributed by atoms with van der Waals surface area (Å²) >= 11 is 6.32. The van der Waals surface area contributed by atoms with Crippen LogP contribution in [-0.2, 0) is 0 Å². The molecular weight excluding hydrogens is 412 g/mol. The van der Waals surface area contributed by atoms with Crippen LogP contribution in [0.15, 0.2) is 39.4 Å². The molecule has 21 heavy (non-hydrogen) atoms. The lowest BCUT2D eigenvalue weighted by Crippen LogP contribution is -2.03. The number of nitrogens with zero attached hydrogens (tertiary/aromatic N) is 2. The van der Waals surface area contributed by atoms with Crippen molar-refractivity contribution in [3.8, 4) is 11.5 Å². The Morgan fingerprint density at radius 2 is 1.95 bits per heavy atom. The molecule has 0 aliphatic carbocycles. The summed E-state index contributed by atoms with van der Waals surface area (Å²) in [6.07, 6.45) is 1.33. The van der Waals surface area contributed by atoms with Crippen LogP contribution in [0.2, 0.25) is 0 Å². The van der Waals surface area contributed by atoms with Crippen LogP contribution in [0.3, 0.4) is 0 Å². The van der Waals surface area contributed by atoms with Gasteiger partial charge >= 0.3 is 5.97 Å². The molecule has 0 radical (unpaired) electrons. The maximum atomic E-state index is 11.1. The van der Waals surface area contributed by atoms with E-state index in [1.54, 1.807) is 0 Å². The lowest BCUT2D eigenvalue weighted by molar-refractivity contribution is -0.385. The van der Waals surface area contributed by atoms with E-state index in [-0.39, 0.29) is 22.9 Å². The second-order valence-electron chi connectivity index (χ2n) is 3.75. The van der Waals surface area contributed by atoms with Crippen LogP contribution >= 0.6 is 31.9 Å². The first-order chi connectivity index (χ1) is 9.90. The third-order valence-corrected chi connectivity index (χ3v) is 3.56. The first-order valence-electron chi connectivity index (χ1n) is 5.39. The van der Waals surface area contributed by atoms with E-state index >= 15 is 0 Å². The van der Waals surface area contributed by atoms with Gasteiger partial charge in [-0.25, -0.2) is 9.78 Å². The zero-order valence-corrected chi connectivity index (χ0v) is 13.3. The number of pyridine rings is 1. The van der Waals surface area contributed by atoms with Gasteiger partial charge in [-0.3, -0.25) is 10.1 Å². The largest absolute Gasteiger partial charge is 0.476 e. The van der Waals surface area contributed by atoms with Crippen molar-refractivity contribution in [2.24, 2.45) is 0 Å². The number of aromatic nitrogens is 1. The molecule has 0 fully saturated rings. The van der Waals surface area contributed by atoms with E-state index in [1.807, 2.05) is 0 Å². The minimum absolute atomic E-state index is 0.0280. The highest BCUT2D eigenvalue weighted by Gasteiger charge is 2.19. The molecule has 0 bridgehead atoms. The monoisotopic (exact) mass is 416 g/mol. The van der Waals surface area contributed by atoms with Crippen molar-refractivity contribution in [3.63, 3.8) is 0 Å². The third-order valence-electron chi connectivity index (χ3n) is 2.38. The van der Waals surface area contributed by atoms with E-state index in [2.05, 4.69) is 36.8 Å². The van der Waals surface area contributed by atoms with E-state index in [0.717, 1.165) is 0 Å². The highest BCUT2D eigenvalue weighted by Crippen LogP contribution is 2.40. The van der Waals surface area contributed by atoms with Crippen LogP contribution in [0.4, 0.5) is 5.69 Å². The quantitative estimate of drug-likeness (QED) is 0.595. The van der Waals surface area contributed by atoms with Gasteiger partial charge in [-0.2, -0.15) is 0 Å². The van der Waals surface area contributed by atoms with E-state index in [0.29, 0.717) is 8.95 Å². The van der Waals surface area contributed by atoms with E-state index in [9.17, 15) is 14.9 Å². The van der Waals surface area contributed by atoms with Crippen molar-refractivity contribution in [1.29, 1.82) is 0 Å². The fraction of sp³-hybridized carbons (Fsp3) is 0. The molecule has 1 aromatic heterocycles. The Morgan fingerprint density at radius 3 is 2.48 bits per heavy atom. The van der Waals surface area contributed by atoms with Crippen LogP contribution in [0.5, 0.6) is 11.5 Å². The van der Waals surface area contributed by atoms with Gasteiger partial charge < -0.3 is 9.84 Å². The molecule has 7 nitrogen and oxygen atoms in total. The molecule has 0 atom stereocenters. The number of benzene rings is 1. The number of halogens is 2. The number of carboxylic acid groups (broad SMARTS) is 1. The van der Waals surface area contributed by atoms with Gasteiger partial charge in [0.15, 0.2) is 17.2 Å². The molecule has 9 heteroatoms. The summed E-state index contributed by atoms with van der Waals surface area (Å²) in [6, 6.07) is 5.49. The molecule has 0 amide bonds. The number of nitro groups is 1. The van der Waals surface area contributed by atoms with Crippen molar-refractivity contribution in [1.82, 2.24) is 4.98 Å². The Morgan fingerprint density at radius 1 is 1.33 bits per heavy atom. The summed E-state index contributed by atoms with van der Waals surface area (Å²) < 4.78 is 6.13. The van der Waals surface area contributed by atoms with Gasteiger partial charge in [0.2, 0.25) is 0 Å². The molecular formula is C12H6Br2N2O5. The fourth-order valence-corrected chi connectivity index (χ4v) is 2.82. The maximum Gasteiger partial charge on any atom is 0.358 e. The van der Waals surface area contributed by atoms with Crippen molar-refractivity contribution >= 4 is 43.5 Å². The molecule has 0 aliphatic heterocycles. The summed E-state index contributed by atoms with van der Waals surface area (Å²) in [6.45, 7) is 0. The Balaban J connectivity index is 2.46. The fourth-order valence-electron chi connectivity index (χ4n) is 1.49. The first-order valence-corrected chi connectivity index (χ1v) is 6.98. The van der Waals surface area contributed by atoms with Crippen molar-refractivity contribution < 1.29 is 19.6 Å². The van der Waals surface area contributed by atoms with Crippen molar-refractivity contribution in [3.05, 3.63) is 55.2 Å². The third kappa shape index (κ3) is 3.37. The van der Waals surface area contributed by atoms with Gasteiger partial charge in [-0.1, -0.05) is 0 Å². The minimum atomic E-state index is -1.24. The van der Waals surface area contributed by atoms with Gasteiger partial charge in [-0.05, 0) is 44.0 Å². The highest BCUT2D eigenvalue weighted by molar-refractivity contribution is 9.11. The standard InChI is InChI=1S/C12H6Br2N2O5/c13-7-4-6(16(19)20)5-8(14)11(7)21-9-2-1-3-15-10(9)12(17)18/h1-5H,(H,17,18). The number of non-ortho nitro benzene ring substituents is 1. The Kier molecular flexibility index (Phi) is 4.53. The number of rotatable bonds is 4. The number of hydrogen-bond acceptors (Lipinski definition) is 5. The van der Waals surface area contributed by atoms with Crippen molar-refractivity contribution in [2.45, 2.75) is 0 Å². The van der Waals surface area contributed by atoms with E-state index in [4.69, 9.17) is 9.84 Å². The lowest BCUT2D eigenvalue weighted by atomic mass is 10.3. The second kappa shape index (κ2) is 6.19. The normalized spacial score (nSPS) is 10.2. The zero-order chi connectivity index (χ0) is 15.6. The van der Waals surface area contributed by atoms with Gasteiger partial charge in [0.05, 0.1) is 13.9 Å². The summed E-state index contributed by atoms with van der Waals surface area (Å²) in [5.74, 6) is -0.990. The number of carbonyl (C=O) groups is 1. The minimum Gasteiger partial charge on any atom is -0.476 e. The summed E-state index contributed by atoms with van der Waals surface area (Å²) in [5.41, 5.74) is -0.389. The molecule has 0 spiro atoms.